The summed E-state index contributed by atoms with van der Waals surface area (Å²) in [6.45, 7) is 2.74. The monoisotopic (exact) mass is 319 g/mol. The third kappa shape index (κ3) is 4.32. The summed E-state index contributed by atoms with van der Waals surface area (Å²) in [7, 11) is 0. The maximum atomic E-state index is 12.1. The highest BCUT2D eigenvalue weighted by atomic mass is 16.1. The van der Waals surface area contributed by atoms with Crippen LogP contribution in [0.3, 0.4) is 0 Å². The van der Waals surface area contributed by atoms with E-state index in [1.807, 2.05) is 42.6 Å². The number of carbonyl (C=O) groups excluding carboxylic acids is 1. The summed E-state index contributed by atoms with van der Waals surface area (Å²) >= 11 is 0. The van der Waals surface area contributed by atoms with Gasteiger partial charge in [-0.1, -0.05) is 42.0 Å². The molecule has 0 fully saturated rings. The van der Waals surface area contributed by atoms with Gasteiger partial charge in [0.15, 0.2) is 0 Å². The Morgan fingerprint density at radius 2 is 1.92 bits per heavy atom. The molecular weight excluding hydrogens is 298 g/mol. The van der Waals surface area contributed by atoms with Gasteiger partial charge in [-0.15, -0.1) is 0 Å². The Bertz CT molecular complexity index is 792. The Kier molecular flexibility index (Phi) is 5.06. The number of rotatable bonds is 6. The first-order valence-electron chi connectivity index (χ1n) is 8.12. The SMILES string of the molecule is Cc1cccc(CCNC(=O)Cc2ccc(-n3cccn3)cc2)c1. The quantitative estimate of drug-likeness (QED) is 0.759. The fourth-order valence-electron chi connectivity index (χ4n) is 2.65. The second-order valence-corrected chi connectivity index (χ2v) is 5.88. The third-order valence-electron chi connectivity index (χ3n) is 3.89. The van der Waals surface area contributed by atoms with Gasteiger partial charge in [-0.25, -0.2) is 4.68 Å². The summed E-state index contributed by atoms with van der Waals surface area (Å²) in [6.07, 6.45) is 4.89. The molecule has 0 saturated heterocycles. The molecule has 0 saturated carbocycles. The van der Waals surface area contributed by atoms with Crippen LogP contribution < -0.4 is 5.32 Å². The molecule has 1 aromatic heterocycles. The Morgan fingerprint density at radius 1 is 1.08 bits per heavy atom. The molecule has 0 spiro atoms. The van der Waals surface area contributed by atoms with Crippen molar-refractivity contribution < 1.29 is 4.79 Å². The van der Waals surface area contributed by atoms with E-state index in [1.165, 1.54) is 11.1 Å². The molecule has 1 heterocycles. The van der Waals surface area contributed by atoms with Crippen molar-refractivity contribution in [3.8, 4) is 5.69 Å². The van der Waals surface area contributed by atoms with Gasteiger partial charge in [0.05, 0.1) is 12.1 Å². The molecule has 0 bridgehead atoms. The zero-order valence-corrected chi connectivity index (χ0v) is 13.8. The average Bonchev–Trinajstić information content (AvgIpc) is 3.10. The minimum Gasteiger partial charge on any atom is -0.355 e. The summed E-state index contributed by atoms with van der Waals surface area (Å²) in [5.41, 5.74) is 4.48. The van der Waals surface area contributed by atoms with Gasteiger partial charge in [-0.3, -0.25) is 4.79 Å². The van der Waals surface area contributed by atoms with Crippen LogP contribution in [0.5, 0.6) is 0 Å². The topological polar surface area (TPSA) is 46.9 Å². The van der Waals surface area contributed by atoms with Crippen molar-refractivity contribution in [2.45, 2.75) is 19.8 Å². The molecule has 1 amide bonds. The van der Waals surface area contributed by atoms with Crippen molar-refractivity contribution in [1.82, 2.24) is 15.1 Å². The number of hydrogen-bond acceptors (Lipinski definition) is 2. The number of aromatic nitrogens is 2. The van der Waals surface area contributed by atoms with Gasteiger partial charge in [-0.2, -0.15) is 5.10 Å². The van der Waals surface area contributed by atoms with Crippen molar-refractivity contribution in [2.75, 3.05) is 6.54 Å². The minimum absolute atomic E-state index is 0.0505. The van der Waals surface area contributed by atoms with E-state index in [4.69, 9.17) is 0 Å². The zero-order valence-electron chi connectivity index (χ0n) is 13.8. The van der Waals surface area contributed by atoms with Crippen molar-refractivity contribution in [1.29, 1.82) is 0 Å². The fraction of sp³-hybridized carbons (Fsp3) is 0.200. The lowest BCUT2D eigenvalue weighted by Gasteiger charge is -2.07. The Morgan fingerprint density at radius 3 is 2.62 bits per heavy atom. The molecule has 0 aliphatic carbocycles. The molecule has 4 heteroatoms. The van der Waals surface area contributed by atoms with E-state index in [2.05, 4.69) is 35.5 Å². The van der Waals surface area contributed by atoms with Crippen LogP contribution in [-0.4, -0.2) is 22.2 Å². The smallest absolute Gasteiger partial charge is 0.224 e. The van der Waals surface area contributed by atoms with Gasteiger partial charge in [-0.05, 0) is 42.7 Å². The van der Waals surface area contributed by atoms with Crippen LogP contribution in [-0.2, 0) is 17.6 Å². The van der Waals surface area contributed by atoms with E-state index in [-0.39, 0.29) is 5.91 Å². The Hall–Kier alpha value is -2.88. The van der Waals surface area contributed by atoms with E-state index in [0.717, 1.165) is 17.7 Å². The van der Waals surface area contributed by atoms with Gasteiger partial charge >= 0.3 is 0 Å². The largest absolute Gasteiger partial charge is 0.355 e. The lowest BCUT2D eigenvalue weighted by molar-refractivity contribution is -0.120. The fourth-order valence-corrected chi connectivity index (χ4v) is 2.65. The first-order valence-corrected chi connectivity index (χ1v) is 8.12. The number of aryl methyl sites for hydroxylation is 1. The first kappa shape index (κ1) is 16.0. The van der Waals surface area contributed by atoms with Crippen molar-refractivity contribution >= 4 is 5.91 Å². The molecule has 0 atom stereocenters. The van der Waals surface area contributed by atoms with Crippen LogP contribution >= 0.6 is 0 Å². The van der Waals surface area contributed by atoms with Gasteiger partial charge < -0.3 is 5.32 Å². The second kappa shape index (κ2) is 7.59. The number of nitrogens with zero attached hydrogens (tertiary/aromatic N) is 2. The van der Waals surface area contributed by atoms with E-state index in [1.54, 1.807) is 10.9 Å². The van der Waals surface area contributed by atoms with E-state index in [9.17, 15) is 4.79 Å². The Labute approximate surface area is 142 Å². The molecule has 0 unspecified atom stereocenters. The molecule has 0 radical (unpaired) electrons. The minimum atomic E-state index is 0.0505. The van der Waals surface area contributed by atoms with Crippen LogP contribution in [0.4, 0.5) is 0 Å². The summed E-state index contributed by atoms with van der Waals surface area (Å²) in [5.74, 6) is 0.0505. The molecule has 1 N–H and O–H groups in total. The molecule has 0 aliphatic rings. The average molecular weight is 319 g/mol. The van der Waals surface area contributed by atoms with Crippen molar-refractivity contribution in [3.63, 3.8) is 0 Å². The van der Waals surface area contributed by atoms with Gasteiger partial charge in [0, 0.05) is 18.9 Å². The molecule has 2 aromatic carbocycles. The van der Waals surface area contributed by atoms with Crippen LogP contribution in [0.25, 0.3) is 5.69 Å². The first-order chi connectivity index (χ1) is 11.7. The molecule has 4 nitrogen and oxygen atoms in total. The summed E-state index contributed by atoms with van der Waals surface area (Å²) < 4.78 is 1.80. The third-order valence-corrected chi connectivity index (χ3v) is 3.89. The number of carbonyl (C=O) groups is 1. The number of nitrogens with one attached hydrogen (secondary N) is 1. The van der Waals surface area contributed by atoms with Gasteiger partial charge in [0.2, 0.25) is 5.91 Å². The highest BCUT2D eigenvalue weighted by Crippen LogP contribution is 2.09. The van der Waals surface area contributed by atoms with Crippen LogP contribution in [0.2, 0.25) is 0 Å². The van der Waals surface area contributed by atoms with Crippen molar-refractivity contribution in [2.24, 2.45) is 0 Å². The highest BCUT2D eigenvalue weighted by molar-refractivity contribution is 5.78. The Balaban J connectivity index is 1.48. The molecule has 122 valence electrons. The molecular formula is C20H21N3O. The molecule has 3 rings (SSSR count). The summed E-state index contributed by atoms with van der Waals surface area (Å²) in [5, 5.41) is 7.17. The van der Waals surface area contributed by atoms with Gasteiger partial charge in [0.25, 0.3) is 0 Å². The molecule has 3 aromatic rings. The van der Waals surface area contributed by atoms with Crippen LogP contribution in [0.1, 0.15) is 16.7 Å². The lowest BCUT2D eigenvalue weighted by Crippen LogP contribution is -2.27. The summed E-state index contributed by atoms with van der Waals surface area (Å²) in [4.78, 5) is 12.1. The maximum Gasteiger partial charge on any atom is 0.224 e. The lowest BCUT2D eigenvalue weighted by atomic mass is 10.1. The molecule has 24 heavy (non-hydrogen) atoms. The van der Waals surface area contributed by atoms with E-state index >= 15 is 0 Å². The van der Waals surface area contributed by atoms with Crippen molar-refractivity contribution in [3.05, 3.63) is 83.7 Å². The number of benzene rings is 2. The van der Waals surface area contributed by atoms with E-state index in [0.29, 0.717) is 13.0 Å². The number of amides is 1. The predicted octanol–water partition coefficient (Wildman–Crippen LogP) is 3.08. The molecule has 0 aliphatic heterocycles. The summed E-state index contributed by atoms with van der Waals surface area (Å²) in [6, 6.07) is 18.1. The van der Waals surface area contributed by atoms with E-state index < -0.39 is 0 Å². The van der Waals surface area contributed by atoms with Gasteiger partial charge in [0.1, 0.15) is 0 Å². The maximum absolute atomic E-state index is 12.1. The number of hydrogen-bond donors (Lipinski definition) is 1. The standard InChI is InChI=1S/C20H21N3O/c1-16-4-2-5-17(14-16)10-12-21-20(24)15-18-6-8-19(9-7-18)23-13-3-11-22-23/h2-9,11,13-14H,10,12,15H2,1H3,(H,21,24). The second-order valence-electron chi connectivity index (χ2n) is 5.88. The predicted molar refractivity (Wildman–Crippen MR) is 95.2 cm³/mol. The van der Waals surface area contributed by atoms with Crippen LogP contribution in [0, 0.1) is 6.92 Å². The highest BCUT2D eigenvalue weighted by Gasteiger charge is 2.04. The normalized spacial score (nSPS) is 10.5. The van der Waals surface area contributed by atoms with Crippen LogP contribution in [0.15, 0.2) is 67.0 Å². The zero-order chi connectivity index (χ0) is 16.8.